The van der Waals surface area contributed by atoms with E-state index in [1.165, 1.54) is 0 Å². The first kappa shape index (κ1) is 14.1. The summed E-state index contributed by atoms with van der Waals surface area (Å²) in [4.78, 5) is 12.5. The number of hydrogen-bond donors (Lipinski definition) is 2. The fraction of sp³-hybridized carbons (Fsp3) is 0. The molecule has 0 radical (unpaired) electrons. The number of benzene rings is 2. The number of hydrogen-bond acceptors (Lipinski definition) is 3. The van der Waals surface area contributed by atoms with E-state index >= 15 is 0 Å². The average Bonchev–Trinajstić information content (AvgIpc) is 2.52. The Kier molecular flexibility index (Phi) is 4.17. The van der Waals surface area contributed by atoms with Gasteiger partial charge in [-0.3, -0.25) is 4.79 Å². The van der Waals surface area contributed by atoms with E-state index in [0.29, 0.717) is 16.8 Å². The number of hydrazone groups is 1. The second-order valence-electron chi connectivity index (χ2n) is 4.14. The van der Waals surface area contributed by atoms with Crippen LogP contribution in [0.15, 0.2) is 59.7 Å². The fourth-order valence-corrected chi connectivity index (χ4v) is 1.78. The lowest BCUT2D eigenvalue weighted by atomic mass is 10.1. The van der Waals surface area contributed by atoms with Crippen molar-refractivity contribution < 1.29 is 4.79 Å². The third-order valence-electron chi connectivity index (χ3n) is 2.68. The van der Waals surface area contributed by atoms with Crippen molar-refractivity contribution in [1.82, 2.24) is 0 Å². The van der Waals surface area contributed by atoms with Crippen molar-refractivity contribution in [2.75, 3.05) is 5.01 Å². The molecule has 6 heteroatoms. The average molecular weight is 279 g/mol. The Bertz CT molecular complexity index is 714. The maximum absolute atomic E-state index is 12.5. The number of para-hydroxylation sites is 1. The van der Waals surface area contributed by atoms with E-state index in [0.717, 1.165) is 5.01 Å². The predicted octanol–water partition coefficient (Wildman–Crippen LogP) is 1.39. The Labute approximate surface area is 121 Å². The van der Waals surface area contributed by atoms with E-state index in [1.807, 2.05) is 6.07 Å². The number of carbonyl (C=O) groups excluding carboxylic acids is 1. The summed E-state index contributed by atoms with van der Waals surface area (Å²) in [6.45, 7) is 0. The van der Waals surface area contributed by atoms with Crippen molar-refractivity contribution in [3.63, 3.8) is 0 Å². The second kappa shape index (κ2) is 6.21. The molecular formula is C15H13N5O. The Morgan fingerprint density at radius 2 is 1.67 bits per heavy atom. The van der Waals surface area contributed by atoms with Crippen molar-refractivity contribution in [2.45, 2.75) is 0 Å². The molecule has 0 aliphatic carbocycles. The van der Waals surface area contributed by atoms with Crippen LogP contribution in [-0.2, 0) is 0 Å². The molecule has 0 aromatic heterocycles. The van der Waals surface area contributed by atoms with Gasteiger partial charge >= 0.3 is 0 Å². The van der Waals surface area contributed by atoms with Crippen molar-refractivity contribution in [1.29, 1.82) is 5.26 Å². The minimum atomic E-state index is -0.424. The molecule has 0 saturated heterocycles. The zero-order valence-electron chi connectivity index (χ0n) is 11.1. The van der Waals surface area contributed by atoms with Crippen LogP contribution in [0.3, 0.4) is 0 Å². The van der Waals surface area contributed by atoms with Crippen LogP contribution in [0.5, 0.6) is 0 Å². The molecule has 0 aliphatic rings. The molecule has 6 nitrogen and oxygen atoms in total. The summed E-state index contributed by atoms with van der Waals surface area (Å²) >= 11 is 0. The van der Waals surface area contributed by atoms with E-state index < -0.39 is 5.91 Å². The molecule has 104 valence electrons. The topological polar surface area (TPSA) is 108 Å². The molecular weight excluding hydrogens is 266 g/mol. The van der Waals surface area contributed by atoms with Gasteiger partial charge in [-0.05, 0) is 24.3 Å². The number of carbonyl (C=O) groups is 1. The Hall–Kier alpha value is -3.33. The lowest BCUT2D eigenvalue weighted by Crippen LogP contribution is -2.33. The van der Waals surface area contributed by atoms with E-state index in [4.69, 9.17) is 16.7 Å². The Morgan fingerprint density at radius 3 is 2.29 bits per heavy atom. The minimum Gasteiger partial charge on any atom is -0.369 e. The van der Waals surface area contributed by atoms with Crippen molar-refractivity contribution in [3.8, 4) is 6.07 Å². The van der Waals surface area contributed by atoms with Gasteiger partial charge in [-0.1, -0.05) is 30.3 Å². The van der Waals surface area contributed by atoms with Gasteiger partial charge in [0.15, 0.2) is 0 Å². The zero-order chi connectivity index (χ0) is 15.2. The molecule has 1 amide bonds. The van der Waals surface area contributed by atoms with Gasteiger partial charge in [0, 0.05) is 5.56 Å². The molecule has 0 spiro atoms. The van der Waals surface area contributed by atoms with E-state index in [9.17, 15) is 4.79 Å². The highest BCUT2D eigenvalue weighted by molar-refractivity contribution is 6.07. The maximum atomic E-state index is 12.5. The molecule has 0 unspecified atom stereocenters. The third-order valence-corrected chi connectivity index (χ3v) is 2.68. The summed E-state index contributed by atoms with van der Waals surface area (Å²) in [5.41, 5.74) is 11.8. The molecule has 0 heterocycles. The highest BCUT2D eigenvalue weighted by Crippen LogP contribution is 2.22. The quantitative estimate of drug-likeness (QED) is 0.502. The summed E-state index contributed by atoms with van der Waals surface area (Å²) in [7, 11) is 0. The van der Waals surface area contributed by atoms with Crippen LogP contribution in [-0.4, -0.2) is 11.9 Å². The number of nitrogens with zero attached hydrogens (tertiary/aromatic N) is 3. The van der Waals surface area contributed by atoms with Gasteiger partial charge in [0.25, 0.3) is 5.91 Å². The largest absolute Gasteiger partial charge is 0.369 e. The number of nitriles is 1. The van der Waals surface area contributed by atoms with Crippen molar-refractivity contribution in [3.05, 3.63) is 65.7 Å². The molecule has 2 aromatic carbocycles. The van der Waals surface area contributed by atoms with E-state index in [-0.39, 0.29) is 5.96 Å². The molecule has 0 atom stereocenters. The summed E-state index contributed by atoms with van der Waals surface area (Å²) in [5.74, 6) is -0.696. The summed E-state index contributed by atoms with van der Waals surface area (Å²) in [6, 6.07) is 17.1. The van der Waals surface area contributed by atoms with Gasteiger partial charge < -0.3 is 11.5 Å². The lowest BCUT2D eigenvalue weighted by Gasteiger charge is -2.18. The number of amides is 1. The number of anilines is 1. The lowest BCUT2D eigenvalue weighted by molar-refractivity contribution is 0.0987. The molecule has 21 heavy (non-hydrogen) atoms. The first-order valence-corrected chi connectivity index (χ1v) is 6.11. The van der Waals surface area contributed by atoms with Gasteiger partial charge in [0.05, 0.1) is 11.3 Å². The van der Waals surface area contributed by atoms with Gasteiger partial charge in [-0.15, -0.1) is 5.10 Å². The molecule has 0 aliphatic heterocycles. The monoisotopic (exact) mass is 279 g/mol. The van der Waals surface area contributed by atoms with Crippen LogP contribution in [0.25, 0.3) is 0 Å². The molecule has 2 rings (SSSR count). The predicted molar refractivity (Wildman–Crippen MR) is 80.2 cm³/mol. The molecule has 4 N–H and O–H groups in total. The number of guanidine groups is 1. The van der Waals surface area contributed by atoms with Crippen LogP contribution in [0.1, 0.15) is 15.9 Å². The molecule has 0 saturated carbocycles. The fourth-order valence-electron chi connectivity index (χ4n) is 1.78. The first-order chi connectivity index (χ1) is 10.1. The summed E-state index contributed by atoms with van der Waals surface area (Å²) < 4.78 is 0. The number of nitrogens with two attached hydrogens (primary N) is 2. The highest BCUT2D eigenvalue weighted by Gasteiger charge is 2.20. The maximum Gasteiger partial charge on any atom is 0.278 e. The summed E-state index contributed by atoms with van der Waals surface area (Å²) in [5, 5.41) is 14.0. The third kappa shape index (κ3) is 3.16. The SMILES string of the molecule is N#Cc1ccccc1N(N=C(N)N)C(=O)c1ccccc1. The second-order valence-corrected chi connectivity index (χ2v) is 4.14. The van der Waals surface area contributed by atoms with Crippen LogP contribution >= 0.6 is 0 Å². The van der Waals surface area contributed by atoms with Crippen molar-refractivity contribution >= 4 is 17.6 Å². The summed E-state index contributed by atoms with van der Waals surface area (Å²) in [6.07, 6.45) is 0. The van der Waals surface area contributed by atoms with Gasteiger partial charge in [-0.25, -0.2) is 0 Å². The Balaban J connectivity index is 2.52. The van der Waals surface area contributed by atoms with Crippen molar-refractivity contribution in [2.24, 2.45) is 16.6 Å². The minimum absolute atomic E-state index is 0.271. The zero-order valence-corrected chi connectivity index (χ0v) is 11.1. The van der Waals surface area contributed by atoms with Gasteiger partial charge in [0.1, 0.15) is 6.07 Å². The normalized spacial score (nSPS) is 9.48. The van der Waals surface area contributed by atoms with Crippen LogP contribution in [0.2, 0.25) is 0 Å². The first-order valence-electron chi connectivity index (χ1n) is 6.11. The van der Waals surface area contributed by atoms with Crippen LogP contribution < -0.4 is 16.5 Å². The molecule has 0 bridgehead atoms. The van der Waals surface area contributed by atoms with E-state index in [1.54, 1.807) is 54.6 Å². The highest BCUT2D eigenvalue weighted by atomic mass is 16.2. The Morgan fingerprint density at radius 1 is 1.05 bits per heavy atom. The smallest absolute Gasteiger partial charge is 0.278 e. The molecule has 0 fully saturated rings. The standard InChI is InChI=1S/C15H13N5O/c16-10-12-8-4-5-9-13(12)20(19-15(17)18)14(21)11-6-2-1-3-7-11/h1-9H,(H4,17,18,19). The van der Waals surface area contributed by atoms with E-state index in [2.05, 4.69) is 5.10 Å². The van der Waals surface area contributed by atoms with Crippen LogP contribution in [0, 0.1) is 11.3 Å². The molecule has 2 aromatic rings. The van der Waals surface area contributed by atoms with Crippen LogP contribution in [0.4, 0.5) is 5.69 Å². The van der Waals surface area contributed by atoms with Gasteiger partial charge in [0.2, 0.25) is 5.96 Å². The van der Waals surface area contributed by atoms with Gasteiger partial charge in [-0.2, -0.15) is 10.3 Å². The number of rotatable bonds is 3.